The first-order valence-corrected chi connectivity index (χ1v) is 14.8. The lowest BCUT2D eigenvalue weighted by molar-refractivity contribution is -0.0847. The lowest BCUT2D eigenvalue weighted by Gasteiger charge is -2.34. The van der Waals surface area contributed by atoms with Crippen molar-refractivity contribution in [1.82, 2.24) is 14.6 Å². The number of anilines is 1. The number of rotatable bonds is 8. The first-order valence-electron chi connectivity index (χ1n) is 14.8. The number of hydrogen-bond acceptors (Lipinski definition) is 8. The van der Waals surface area contributed by atoms with Crippen LogP contribution in [0, 0.1) is 17.5 Å². The summed E-state index contributed by atoms with van der Waals surface area (Å²) in [6.45, 7) is 9.87. The van der Waals surface area contributed by atoms with Crippen molar-refractivity contribution < 1.29 is 45.8 Å². The van der Waals surface area contributed by atoms with E-state index in [1.54, 1.807) is 41.5 Å². The Bertz CT molecular complexity index is 1790. The molecule has 0 spiro atoms. The van der Waals surface area contributed by atoms with Gasteiger partial charge in [-0.2, -0.15) is 4.98 Å². The van der Waals surface area contributed by atoms with E-state index in [0.717, 1.165) is 43.3 Å². The second kappa shape index (κ2) is 13.0. The first kappa shape index (κ1) is 36.1. The van der Waals surface area contributed by atoms with Crippen LogP contribution in [0.25, 0.3) is 16.8 Å². The van der Waals surface area contributed by atoms with Gasteiger partial charge in [0.05, 0.1) is 6.61 Å². The van der Waals surface area contributed by atoms with Crippen LogP contribution in [0.5, 0.6) is 5.75 Å². The van der Waals surface area contributed by atoms with Gasteiger partial charge in [-0.3, -0.25) is 0 Å². The number of alkyl halides is 2. The molecule has 4 rings (SSSR count). The van der Waals surface area contributed by atoms with Crippen molar-refractivity contribution in [2.75, 3.05) is 11.5 Å². The number of ether oxygens (including phenoxy) is 3. The molecular weight excluding hydrogens is 641 g/mol. The largest absolute Gasteiger partial charge is 0.487 e. The number of carbonyl (C=O) groups excluding carboxylic acids is 2. The molecule has 258 valence electrons. The van der Waals surface area contributed by atoms with Gasteiger partial charge in [0.2, 0.25) is 0 Å². The number of benzene rings is 2. The highest BCUT2D eigenvalue weighted by Crippen LogP contribution is 2.39. The topological polar surface area (TPSA) is 121 Å². The minimum Gasteiger partial charge on any atom is -0.487 e. The van der Waals surface area contributed by atoms with Crippen LogP contribution in [0.4, 0.5) is 37.5 Å². The Balaban J connectivity index is 1.60. The third-order valence-electron chi connectivity index (χ3n) is 6.90. The number of pyridine rings is 1. The molecule has 0 saturated heterocycles. The van der Waals surface area contributed by atoms with Crippen molar-refractivity contribution in [3.05, 3.63) is 77.7 Å². The molecule has 10 nitrogen and oxygen atoms in total. The molecule has 0 radical (unpaired) electrons. The van der Waals surface area contributed by atoms with E-state index in [2.05, 4.69) is 10.1 Å². The molecule has 2 aromatic carbocycles. The maximum atomic E-state index is 15.6. The molecule has 0 aliphatic rings. The van der Waals surface area contributed by atoms with Crippen LogP contribution >= 0.6 is 0 Å². The zero-order valence-corrected chi connectivity index (χ0v) is 27.4. The highest BCUT2D eigenvalue weighted by molar-refractivity contribution is 6.08. The molecule has 48 heavy (non-hydrogen) atoms. The zero-order chi connectivity index (χ0) is 35.8. The Hall–Kier alpha value is -4.79. The minimum atomic E-state index is -3.61. The molecule has 0 bridgehead atoms. The molecule has 0 fully saturated rings. The average molecular weight is 678 g/mol. The van der Waals surface area contributed by atoms with Crippen molar-refractivity contribution in [3.8, 4) is 16.9 Å². The number of amides is 2. The van der Waals surface area contributed by atoms with E-state index in [1.807, 2.05) is 0 Å². The van der Waals surface area contributed by atoms with Crippen LogP contribution in [-0.2, 0) is 15.0 Å². The molecule has 15 heteroatoms. The van der Waals surface area contributed by atoms with Gasteiger partial charge in [-0.15, -0.1) is 10.00 Å². The highest BCUT2D eigenvalue weighted by atomic mass is 19.3. The van der Waals surface area contributed by atoms with E-state index in [4.69, 9.17) is 19.9 Å². The maximum absolute atomic E-state index is 15.6. The fraction of sp³-hybridized carbons (Fsp3) is 0.394. The van der Waals surface area contributed by atoms with Crippen molar-refractivity contribution >= 4 is 23.8 Å². The molecule has 2 N–H and O–H groups in total. The summed E-state index contributed by atoms with van der Waals surface area (Å²) in [4.78, 5) is 30.8. The molecule has 2 aromatic heterocycles. The number of aromatic nitrogens is 3. The van der Waals surface area contributed by atoms with Gasteiger partial charge in [-0.1, -0.05) is 12.1 Å². The second-order valence-electron chi connectivity index (χ2n) is 13.2. The summed E-state index contributed by atoms with van der Waals surface area (Å²) in [6, 6.07) is 9.03. The Kier molecular flexibility index (Phi) is 9.78. The predicted molar refractivity (Wildman–Crippen MR) is 166 cm³/mol. The van der Waals surface area contributed by atoms with E-state index in [-0.39, 0.29) is 22.3 Å². The van der Waals surface area contributed by atoms with Crippen molar-refractivity contribution in [2.45, 2.75) is 77.6 Å². The van der Waals surface area contributed by atoms with Crippen LogP contribution in [0.1, 0.15) is 60.5 Å². The molecule has 0 saturated carbocycles. The number of nitrogens with zero attached hydrogens (tertiary/aromatic N) is 4. The number of hydrogen-bond donors (Lipinski definition) is 1. The summed E-state index contributed by atoms with van der Waals surface area (Å²) < 4.78 is 91.0. The normalized spacial score (nSPS) is 13.6. The Morgan fingerprint density at radius 2 is 1.46 bits per heavy atom. The minimum absolute atomic E-state index is 0.0411. The van der Waals surface area contributed by atoms with Crippen molar-refractivity contribution in [3.63, 3.8) is 0 Å². The summed E-state index contributed by atoms with van der Waals surface area (Å²) in [5, 5.41) is 4.17. The Morgan fingerprint density at radius 3 is 2.02 bits per heavy atom. The summed E-state index contributed by atoms with van der Waals surface area (Å²) in [5.41, 5.74) is 1.71. The number of imide groups is 1. The summed E-state index contributed by atoms with van der Waals surface area (Å²) in [5.74, 6) is -7.85. The van der Waals surface area contributed by atoms with E-state index in [1.165, 1.54) is 22.8 Å². The molecular formula is C33H36F5N5O5. The fourth-order valence-corrected chi connectivity index (χ4v) is 4.42. The van der Waals surface area contributed by atoms with Gasteiger partial charge in [0.1, 0.15) is 22.6 Å². The number of nitrogens with two attached hydrogens (primary N) is 1. The van der Waals surface area contributed by atoms with Gasteiger partial charge in [-0.25, -0.2) is 36.1 Å². The van der Waals surface area contributed by atoms with E-state index < -0.39 is 77.0 Å². The van der Waals surface area contributed by atoms with Gasteiger partial charge in [0.25, 0.3) is 11.9 Å². The first-order chi connectivity index (χ1) is 22.1. The number of fused-ring (bicyclic) bond motifs is 1. The Labute approximate surface area is 273 Å². The van der Waals surface area contributed by atoms with Crippen LogP contribution in [0.3, 0.4) is 0 Å². The van der Waals surface area contributed by atoms with Crippen molar-refractivity contribution in [1.29, 1.82) is 0 Å². The molecule has 2 amide bonds. The van der Waals surface area contributed by atoms with Gasteiger partial charge in [0, 0.05) is 18.2 Å². The molecule has 1 atom stereocenters. The zero-order valence-electron chi connectivity index (χ0n) is 27.4. The molecule has 0 aliphatic heterocycles. The van der Waals surface area contributed by atoms with E-state index in [9.17, 15) is 18.4 Å². The maximum Gasteiger partial charge on any atom is 0.427 e. The number of carbonyl (C=O) groups is 2. The van der Waals surface area contributed by atoms with E-state index >= 15 is 13.2 Å². The van der Waals surface area contributed by atoms with Crippen LogP contribution in [0.2, 0.25) is 0 Å². The third-order valence-corrected chi connectivity index (χ3v) is 6.90. The van der Waals surface area contributed by atoms with Crippen LogP contribution in [-0.4, -0.2) is 50.5 Å². The third kappa shape index (κ3) is 8.01. The second-order valence-corrected chi connectivity index (χ2v) is 13.2. The summed E-state index contributed by atoms with van der Waals surface area (Å²) in [6.07, 6.45) is -1.86. The SMILES string of the molecule is CC(C)(C)OC(=O)N(C(=O)OC(C)(C)C)c1nc2cc(-c3ccc(F)c(OCCC(F)(F)C(C)(N)c4ccc(F)cc4)c3F)ccn2n1. The van der Waals surface area contributed by atoms with Gasteiger partial charge < -0.3 is 19.9 Å². The molecule has 4 aromatic rings. The van der Waals surface area contributed by atoms with Crippen LogP contribution < -0.4 is 15.4 Å². The highest BCUT2D eigenvalue weighted by Gasteiger charge is 2.48. The Morgan fingerprint density at radius 1 is 0.875 bits per heavy atom. The average Bonchev–Trinajstić information content (AvgIpc) is 3.35. The molecule has 1 unspecified atom stereocenters. The predicted octanol–water partition coefficient (Wildman–Crippen LogP) is 7.77. The molecule has 2 heterocycles. The standard InChI is InChI=1S/C33H36F5N5O5/c1-30(2,3)47-28(44)43(29(45)48-31(4,5)6)27-40-24-18-19(14-16-42(24)41-27)22-12-13-23(35)26(25(22)36)46-17-15-33(37,38)32(7,39)20-8-10-21(34)11-9-20/h8-14,16,18H,15,17,39H2,1-7H3. The van der Waals surface area contributed by atoms with Gasteiger partial charge in [0.15, 0.2) is 23.0 Å². The lowest BCUT2D eigenvalue weighted by Crippen LogP contribution is -2.51. The monoisotopic (exact) mass is 677 g/mol. The van der Waals surface area contributed by atoms with Crippen molar-refractivity contribution in [2.24, 2.45) is 5.73 Å². The summed E-state index contributed by atoms with van der Waals surface area (Å²) in [7, 11) is 0. The lowest BCUT2D eigenvalue weighted by atomic mass is 9.85. The fourth-order valence-electron chi connectivity index (χ4n) is 4.42. The smallest absolute Gasteiger partial charge is 0.427 e. The quantitative estimate of drug-likeness (QED) is 0.188. The van der Waals surface area contributed by atoms with Crippen LogP contribution in [0.15, 0.2) is 54.7 Å². The summed E-state index contributed by atoms with van der Waals surface area (Å²) >= 11 is 0. The van der Waals surface area contributed by atoms with E-state index in [0.29, 0.717) is 4.90 Å². The van der Waals surface area contributed by atoms with Gasteiger partial charge in [-0.05, 0) is 96.0 Å². The molecule has 0 aliphatic carbocycles. The number of halogens is 5. The van der Waals surface area contributed by atoms with Gasteiger partial charge >= 0.3 is 12.2 Å².